The van der Waals surface area contributed by atoms with Gasteiger partial charge in [-0.3, -0.25) is 0 Å². The monoisotopic (exact) mass is 303 g/mol. The van der Waals surface area contributed by atoms with E-state index < -0.39 is 0 Å². The summed E-state index contributed by atoms with van der Waals surface area (Å²) in [6.45, 7) is 3.09. The zero-order valence-corrected chi connectivity index (χ0v) is 13.0. The largest absolute Gasteiger partial charge is 0.497 e. The normalized spacial score (nSPS) is 18.4. The van der Waals surface area contributed by atoms with Gasteiger partial charge in [0, 0.05) is 12.2 Å². The van der Waals surface area contributed by atoms with E-state index >= 15 is 0 Å². The van der Waals surface area contributed by atoms with Gasteiger partial charge in [-0.1, -0.05) is 0 Å². The van der Waals surface area contributed by atoms with E-state index in [0.29, 0.717) is 12.5 Å². The van der Waals surface area contributed by atoms with Gasteiger partial charge in [0.05, 0.1) is 13.7 Å². The van der Waals surface area contributed by atoms with E-state index in [1.165, 1.54) is 0 Å². The number of ether oxygens (including phenoxy) is 3. The van der Waals surface area contributed by atoms with Gasteiger partial charge in [0.25, 0.3) is 0 Å². The minimum absolute atomic E-state index is 0.116. The lowest BCUT2D eigenvalue weighted by atomic mass is 10.2. The Labute approximate surface area is 130 Å². The summed E-state index contributed by atoms with van der Waals surface area (Å²) in [6, 6.07) is 7.64. The fourth-order valence-electron chi connectivity index (χ4n) is 2.43. The third kappa shape index (κ3) is 3.48. The Hall–Kier alpha value is -1.85. The number of methoxy groups -OCH3 is 1. The predicted molar refractivity (Wildman–Crippen MR) is 81.6 cm³/mol. The lowest BCUT2D eigenvalue weighted by Crippen LogP contribution is -2.22. The highest BCUT2D eigenvalue weighted by atomic mass is 16.7. The van der Waals surface area contributed by atoms with Crippen molar-refractivity contribution in [1.82, 2.24) is 4.98 Å². The van der Waals surface area contributed by atoms with Gasteiger partial charge in [-0.05, 0) is 50.5 Å². The molecule has 1 saturated heterocycles. The molecule has 1 fully saturated rings. The number of hydrogen-bond donors (Lipinski definition) is 0. The molecule has 0 bridgehead atoms. The third-order valence-electron chi connectivity index (χ3n) is 3.77. The topological polar surface area (TPSA) is 53.7 Å². The summed E-state index contributed by atoms with van der Waals surface area (Å²) < 4.78 is 22.2. The van der Waals surface area contributed by atoms with Crippen LogP contribution in [0.3, 0.4) is 0 Å². The van der Waals surface area contributed by atoms with Crippen molar-refractivity contribution >= 4 is 0 Å². The summed E-state index contributed by atoms with van der Waals surface area (Å²) in [5, 5.41) is 0. The van der Waals surface area contributed by atoms with Gasteiger partial charge in [0.2, 0.25) is 5.89 Å². The smallest absolute Gasteiger partial charge is 0.226 e. The maximum atomic E-state index is 5.77. The summed E-state index contributed by atoms with van der Waals surface area (Å²) in [7, 11) is 1.65. The molecule has 1 unspecified atom stereocenters. The number of benzene rings is 1. The summed E-state index contributed by atoms with van der Waals surface area (Å²) in [5.41, 5.74) is 1.74. The molecule has 5 nitrogen and oxygen atoms in total. The molecule has 0 aliphatic carbocycles. The second-order valence-electron chi connectivity index (χ2n) is 5.36. The zero-order valence-electron chi connectivity index (χ0n) is 13.0. The molecule has 0 spiro atoms. The van der Waals surface area contributed by atoms with E-state index in [0.717, 1.165) is 48.6 Å². The van der Waals surface area contributed by atoms with Crippen LogP contribution in [0.5, 0.6) is 5.75 Å². The van der Waals surface area contributed by atoms with Crippen molar-refractivity contribution in [2.45, 2.75) is 39.1 Å². The van der Waals surface area contributed by atoms with Gasteiger partial charge >= 0.3 is 0 Å². The summed E-state index contributed by atoms with van der Waals surface area (Å²) >= 11 is 0. The first-order chi connectivity index (χ1) is 10.8. The number of oxazole rings is 1. The second-order valence-corrected chi connectivity index (χ2v) is 5.36. The first-order valence-electron chi connectivity index (χ1n) is 7.60. The van der Waals surface area contributed by atoms with E-state index in [9.17, 15) is 0 Å². The summed E-state index contributed by atoms with van der Waals surface area (Å²) in [4.78, 5) is 4.53. The van der Waals surface area contributed by atoms with Crippen LogP contribution < -0.4 is 4.74 Å². The number of aryl methyl sites for hydroxylation is 1. The highest BCUT2D eigenvalue weighted by Crippen LogP contribution is 2.25. The van der Waals surface area contributed by atoms with E-state index in [2.05, 4.69) is 4.98 Å². The Morgan fingerprint density at radius 3 is 2.73 bits per heavy atom. The maximum absolute atomic E-state index is 5.77. The van der Waals surface area contributed by atoms with Crippen LogP contribution in [0.1, 0.15) is 30.7 Å². The predicted octanol–water partition coefficient (Wildman–Crippen LogP) is 3.70. The van der Waals surface area contributed by atoms with Crippen molar-refractivity contribution in [3.63, 3.8) is 0 Å². The average Bonchev–Trinajstić information content (AvgIpc) is 2.95. The lowest BCUT2D eigenvalue weighted by Gasteiger charge is -2.22. The van der Waals surface area contributed by atoms with E-state index in [1.807, 2.05) is 31.2 Å². The van der Waals surface area contributed by atoms with Crippen molar-refractivity contribution in [3.05, 3.63) is 35.7 Å². The van der Waals surface area contributed by atoms with Crippen molar-refractivity contribution in [2.24, 2.45) is 0 Å². The molecule has 1 aliphatic heterocycles. The van der Waals surface area contributed by atoms with Crippen LogP contribution in [0, 0.1) is 6.92 Å². The molecule has 0 radical (unpaired) electrons. The van der Waals surface area contributed by atoms with Gasteiger partial charge in [-0.15, -0.1) is 0 Å². The molecule has 118 valence electrons. The molecule has 22 heavy (non-hydrogen) atoms. The maximum Gasteiger partial charge on any atom is 0.226 e. The van der Waals surface area contributed by atoms with Crippen molar-refractivity contribution < 1.29 is 18.6 Å². The average molecular weight is 303 g/mol. The molecule has 2 heterocycles. The number of nitrogens with zero attached hydrogens (tertiary/aromatic N) is 1. The molecule has 0 N–H and O–H groups in total. The standard InChI is InChI=1S/C17H21NO4/c1-12-15(11-21-16-5-3-4-10-20-16)18-17(22-12)13-6-8-14(19-2)9-7-13/h6-9,16H,3-5,10-11H2,1-2H3. The Morgan fingerprint density at radius 1 is 1.23 bits per heavy atom. The second kappa shape index (κ2) is 6.94. The molecule has 1 aromatic heterocycles. The van der Waals surface area contributed by atoms with E-state index in [4.69, 9.17) is 18.6 Å². The van der Waals surface area contributed by atoms with Crippen LogP contribution in [0.15, 0.2) is 28.7 Å². The minimum Gasteiger partial charge on any atom is -0.497 e. The van der Waals surface area contributed by atoms with Crippen LogP contribution in [0.2, 0.25) is 0 Å². The van der Waals surface area contributed by atoms with Gasteiger partial charge in [0.15, 0.2) is 6.29 Å². The Balaban J connectivity index is 1.66. The number of hydrogen-bond acceptors (Lipinski definition) is 5. The quantitative estimate of drug-likeness (QED) is 0.843. The third-order valence-corrected chi connectivity index (χ3v) is 3.77. The highest BCUT2D eigenvalue weighted by molar-refractivity contribution is 5.55. The van der Waals surface area contributed by atoms with Crippen molar-refractivity contribution in [2.75, 3.05) is 13.7 Å². The van der Waals surface area contributed by atoms with Crippen LogP contribution >= 0.6 is 0 Å². The number of rotatable bonds is 5. The lowest BCUT2D eigenvalue weighted by molar-refractivity contribution is -0.169. The van der Waals surface area contributed by atoms with Crippen LogP contribution in [0.25, 0.3) is 11.5 Å². The molecular weight excluding hydrogens is 282 g/mol. The van der Waals surface area contributed by atoms with Crippen LogP contribution in [-0.2, 0) is 16.1 Å². The van der Waals surface area contributed by atoms with E-state index in [1.54, 1.807) is 7.11 Å². The first kappa shape index (κ1) is 15.1. The highest BCUT2D eigenvalue weighted by Gasteiger charge is 2.17. The molecular formula is C17H21NO4. The molecule has 1 aromatic carbocycles. The molecule has 1 aliphatic rings. The Morgan fingerprint density at radius 2 is 2.05 bits per heavy atom. The molecule has 1 atom stereocenters. The molecule has 0 saturated carbocycles. The SMILES string of the molecule is COc1ccc(-c2nc(COC3CCCCO3)c(C)o2)cc1. The molecule has 0 amide bonds. The molecule has 3 rings (SSSR count). The molecule has 2 aromatic rings. The van der Waals surface area contributed by atoms with Gasteiger partial charge in [-0.2, -0.15) is 0 Å². The van der Waals surface area contributed by atoms with E-state index in [-0.39, 0.29) is 6.29 Å². The van der Waals surface area contributed by atoms with Gasteiger partial charge in [0.1, 0.15) is 17.2 Å². The van der Waals surface area contributed by atoms with Crippen LogP contribution in [-0.4, -0.2) is 25.0 Å². The Kier molecular flexibility index (Phi) is 4.75. The van der Waals surface area contributed by atoms with Crippen LogP contribution in [0.4, 0.5) is 0 Å². The fraction of sp³-hybridized carbons (Fsp3) is 0.471. The summed E-state index contributed by atoms with van der Waals surface area (Å²) in [5.74, 6) is 2.19. The van der Waals surface area contributed by atoms with Crippen molar-refractivity contribution in [1.29, 1.82) is 0 Å². The fourth-order valence-corrected chi connectivity index (χ4v) is 2.43. The number of aromatic nitrogens is 1. The Bertz CT molecular complexity index is 600. The van der Waals surface area contributed by atoms with Gasteiger partial charge < -0.3 is 18.6 Å². The minimum atomic E-state index is -0.116. The summed E-state index contributed by atoms with van der Waals surface area (Å²) in [6.07, 6.45) is 3.10. The zero-order chi connectivity index (χ0) is 15.4. The first-order valence-corrected chi connectivity index (χ1v) is 7.60. The van der Waals surface area contributed by atoms with Gasteiger partial charge in [-0.25, -0.2) is 4.98 Å². The molecule has 5 heteroatoms. The van der Waals surface area contributed by atoms with Crippen molar-refractivity contribution in [3.8, 4) is 17.2 Å².